The van der Waals surface area contributed by atoms with Gasteiger partial charge < -0.3 is 29.7 Å². The maximum Gasteiger partial charge on any atom is 0.336 e. The second-order valence-corrected chi connectivity index (χ2v) is 7.65. The average Bonchev–Trinajstić information content (AvgIpc) is 3.18. The Morgan fingerprint density at radius 2 is 1.74 bits per heavy atom. The summed E-state index contributed by atoms with van der Waals surface area (Å²) in [4.78, 5) is 24.4. The molecule has 188 valence electrons. The van der Waals surface area contributed by atoms with Gasteiger partial charge in [0.05, 0.1) is 57.8 Å². The van der Waals surface area contributed by atoms with Crippen LogP contribution in [-0.2, 0) is 29.1 Å². The molecule has 0 radical (unpaired) electrons. The minimum Gasteiger partial charge on any atom is -0.497 e. The molecule has 0 bridgehead atoms. The van der Waals surface area contributed by atoms with Crippen molar-refractivity contribution in [2.75, 3.05) is 40.1 Å². The number of aromatic carboxylic acids is 1. The van der Waals surface area contributed by atoms with Crippen molar-refractivity contribution in [1.29, 1.82) is 0 Å². The van der Waals surface area contributed by atoms with Gasteiger partial charge in [-0.25, -0.2) is 13.9 Å². The highest BCUT2D eigenvalue weighted by Gasteiger charge is 2.26. The number of benzene rings is 2. The first-order valence-corrected chi connectivity index (χ1v) is 11.5. The van der Waals surface area contributed by atoms with Gasteiger partial charge >= 0.3 is 5.97 Å². The summed E-state index contributed by atoms with van der Waals surface area (Å²) in [5.41, 5.74) is 1.98. The van der Waals surface area contributed by atoms with E-state index in [2.05, 4.69) is 14.5 Å². The number of fused-ring (bicyclic) bond motifs is 1. The van der Waals surface area contributed by atoms with Crippen molar-refractivity contribution in [3.8, 4) is 5.75 Å². The normalized spacial score (nSPS) is 11.1. The number of carboxylic acids is 1. The first-order chi connectivity index (χ1) is 17.0. The minimum atomic E-state index is -1.15. The van der Waals surface area contributed by atoms with Gasteiger partial charge in [0.2, 0.25) is 0 Å². The molecule has 3 aromatic rings. The van der Waals surface area contributed by atoms with Crippen LogP contribution in [0.2, 0.25) is 0 Å². The SMILES string of the molecule is CCn1c(CNC(=O)c2ccccc2C(=O)O)[n+](CCOCCOCCO)c2ccc(OC)cc21. The number of aliphatic hydroxyl groups excluding tert-OH is 1. The number of carbonyl (C=O) groups excluding carboxylic acids is 1. The van der Waals surface area contributed by atoms with Crippen molar-refractivity contribution in [2.24, 2.45) is 0 Å². The Morgan fingerprint density at radius 3 is 2.40 bits per heavy atom. The number of aliphatic hydroxyl groups is 1. The molecule has 2 aromatic carbocycles. The lowest BCUT2D eigenvalue weighted by Crippen LogP contribution is -2.43. The zero-order valence-electron chi connectivity index (χ0n) is 20.0. The van der Waals surface area contributed by atoms with Crippen molar-refractivity contribution in [2.45, 2.75) is 26.6 Å². The predicted molar refractivity (Wildman–Crippen MR) is 128 cm³/mol. The van der Waals surface area contributed by atoms with E-state index in [1.807, 2.05) is 25.1 Å². The van der Waals surface area contributed by atoms with Gasteiger partial charge in [0.15, 0.2) is 11.0 Å². The second kappa shape index (κ2) is 12.8. The van der Waals surface area contributed by atoms with Crippen molar-refractivity contribution in [1.82, 2.24) is 9.88 Å². The van der Waals surface area contributed by atoms with Gasteiger partial charge in [0.25, 0.3) is 11.7 Å². The molecular formula is C25H32N3O7+. The summed E-state index contributed by atoms with van der Waals surface area (Å²) in [6.07, 6.45) is 0. The molecule has 10 heteroatoms. The van der Waals surface area contributed by atoms with Gasteiger partial charge in [0.1, 0.15) is 18.8 Å². The Morgan fingerprint density at radius 1 is 1.03 bits per heavy atom. The standard InChI is InChI=1S/C25H31N3O7/c1-3-27-22-16-18(33-2)8-9-21(22)28(10-12-34-14-15-35-13-11-29)23(27)17-26-24(30)19-6-4-5-7-20(19)25(31)32/h4-9,16,29H,3,10-15,17H2,1-2H3,(H-,26,30,31,32)/p+1. The Bertz CT molecular complexity index is 1160. The van der Waals surface area contributed by atoms with Crippen LogP contribution < -0.4 is 14.6 Å². The minimum absolute atomic E-state index is 0.0259. The molecule has 0 saturated heterocycles. The van der Waals surface area contributed by atoms with Gasteiger partial charge in [-0.3, -0.25) is 4.79 Å². The molecule has 1 aromatic heterocycles. The van der Waals surface area contributed by atoms with E-state index < -0.39 is 11.9 Å². The van der Waals surface area contributed by atoms with Crippen LogP contribution in [0.15, 0.2) is 42.5 Å². The lowest BCUT2D eigenvalue weighted by Gasteiger charge is -2.09. The fourth-order valence-electron chi connectivity index (χ4n) is 3.96. The van der Waals surface area contributed by atoms with Crippen molar-refractivity contribution >= 4 is 22.9 Å². The first-order valence-electron chi connectivity index (χ1n) is 11.5. The highest BCUT2D eigenvalue weighted by molar-refractivity contribution is 6.04. The van der Waals surface area contributed by atoms with Crippen LogP contribution in [0.4, 0.5) is 0 Å². The number of methoxy groups -OCH3 is 1. The molecule has 0 unspecified atom stereocenters. The van der Waals surface area contributed by atoms with E-state index in [-0.39, 0.29) is 30.9 Å². The van der Waals surface area contributed by atoms with Gasteiger partial charge in [0, 0.05) is 6.07 Å². The Labute approximate surface area is 203 Å². The van der Waals surface area contributed by atoms with Crippen LogP contribution in [0.5, 0.6) is 5.75 Å². The number of aromatic nitrogens is 2. The van der Waals surface area contributed by atoms with Gasteiger partial charge in [-0.05, 0) is 31.2 Å². The third kappa shape index (κ3) is 6.36. The third-order valence-corrected chi connectivity index (χ3v) is 5.58. The lowest BCUT2D eigenvalue weighted by molar-refractivity contribution is -0.681. The molecule has 0 atom stereocenters. The fourth-order valence-corrected chi connectivity index (χ4v) is 3.96. The molecule has 0 aliphatic rings. The first kappa shape index (κ1) is 26.1. The number of nitrogens with zero attached hydrogens (tertiary/aromatic N) is 2. The smallest absolute Gasteiger partial charge is 0.336 e. The number of carbonyl (C=O) groups is 2. The predicted octanol–water partition coefficient (Wildman–Crippen LogP) is 1.61. The number of imidazole rings is 1. The Hall–Kier alpha value is -3.47. The highest BCUT2D eigenvalue weighted by Crippen LogP contribution is 2.21. The van der Waals surface area contributed by atoms with Crippen LogP contribution in [0.25, 0.3) is 11.0 Å². The number of ether oxygens (including phenoxy) is 3. The van der Waals surface area contributed by atoms with E-state index in [1.54, 1.807) is 19.2 Å². The molecule has 35 heavy (non-hydrogen) atoms. The molecular weight excluding hydrogens is 454 g/mol. The topological polar surface area (TPSA) is 123 Å². The number of aryl methyl sites for hydroxylation is 1. The molecule has 0 aliphatic heterocycles. The molecule has 1 heterocycles. The number of rotatable bonds is 14. The quantitative estimate of drug-likeness (QED) is 0.234. The zero-order valence-corrected chi connectivity index (χ0v) is 20.0. The van der Waals surface area contributed by atoms with E-state index >= 15 is 0 Å². The van der Waals surface area contributed by atoms with Gasteiger partial charge in [-0.2, -0.15) is 0 Å². The van der Waals surface area contributed by atoms with Gasteiger partial charge in [-0.15, -0.1) is 0 Å². The maximum atomic E-state index is 12.9. The molecule has 10 nitrogen and oxygen atoms in total. The Kier molecular flexibility index (Phi) is 9.59. The monoisotopic (exact) mass is 486 g/mol. The van der Waals surface area contributed by atoms with Crippen molar-refractivity contribution in [3.63, 3.8) is 0 Å². The summed E-state index contributed by atoms with van der Waals surface area (Å²) in [5, 5.41) is 21.1. The van der Waals surface area contributed by atoms with Crippen LogP contribution >= 0.6 is 0 Å². The highest BCUT2D eigenvalue weighted by atomic mass is 16.5. The Balaban J connectivity index is 1.84. The molecule has 3 rings (SSSR count). The van der Waals surface area contributed by atoms with Crippen LogP contribution in [-0.4, -0.2) is 66.8 Å². The van der Waals surface area contributed by atoms with Crippen LogP contribution in [0.1, 0.15) is 33.5 Å². The van der Waals surface area contributed by atoms with Crippen LogP contribution in [0.3, 0.4) is 0 Å². The van der Waals surface area contributed by atoms with E-state index in [1.165, 1.54) is 12.1 Å². The number of nitrogens with one attached hydrogen (secondary N) is 1. The molecule has 0 saturated carbocycles. The fraction of sp³-hybridized carbons (Fsp3) is 0.400. The van der Waals surface area contributed by atoms with Gasteiger partial charge in [-0.1, -0.05) is 12.1 Å². The largest absolute Gasteiger partial charge is 0.497 e. The van der Waals surface area contributed by atoms with E-state index in [4.69, 9.17) is 19.3 Å². The molecule has 1 amide bonds. The summed E-state index contributed by atoms with van der Waals surface area (Å²) in [7, 11) is 1.61. The molecule has 0 aliphatic carbocycles. The molecule has 3 N–H and O–H groups in total. The number of carboxylic acid groups (broad SMARTS) is 1. The van der Waals surface area contributed by atoms with Crippen molar-refractivity contribution < 1.29 is 38.6 Å². The zero-order chi connectivity index (χ0) is 25.2. The lowest BCUT2D eigenvalue weighted by atomic mass is 10.1. The second-order valence-electron chi connectivity index (χ2n) is 7.65. The molecule has 0 spiro atoms. The summed E-state index contributed by atoms with van der Waals surface area (Å²) in [5.74, 6) is -0.0461. The number of hydrogen-bond acceptors (Lipinski definition) is 6. The summed E-state index contributed by atoms with van der Waals surface area (Å²) < 4.78 is 20.5. The summed E-state index contributed by atoms with van der Waals surface area (Å²) >= 11 is 0. The average molecular weight is 487 g/mol. The number of amides is 1. The summed E-state index contributed by atoms with van der Waals surface area (Å²) in [6.45, 7) is 4.87. The van der Waals surface area contributed by atoms with Crippen molar-refractivity contribution in [3.05, 3.63) is 59.4 Å². The molecule has 0 fully saturated rings. The number of hydrogen-bond donors (Lipinski definition) is 3. The van der Waals surface area contributed by atoms with Crippen LogP contribution in [0, 0.1) is 0 Å². The third-order valence-electron chi connectivity index (χ3n) is 5.58. The van der Waals surface area contributed by atoms with E-state index in [9.17, 15) is 14.7 Å². The summed E-state index contributed by atoms with van der Waals surface area (Å²) in [6, 6.07) is 11.9. The van der Waals surface area contributed by atoms with E-state index in [0.29, 0.717) is 32.9 Å². The maximum absolute atomic E-state index is 12.9. The van der Waals surface area contributed by atoms with E-state index in [0.717, 1.165) is 22.6 Å².